The molecule has 2 aromatic rings. The first-order chi connectivity index (χ1) is 13.2. The van der Waals surface area contributed by atoms with Crippen LogP contribution in [0.25, 0.3) is 0 Å². The molecular weight excluding hydrogens is 340 g/mol. The summed E-state index contributed by atoms with van der Waals surface area (Å²) in [7, 11) is 1.59. The summed E-state index contributed by atoms with van der Waals surface area (Å²) in [6, 6.07) is 13.7. The lowest BCUT2D eigenvalue weighted by atomic mass is 9.83. The molecular formula is C22H22N2O3. The van der Waals surface area contributed by atoms with Gasteiger partial charge in [0, 0.05) is 17.2 Å². The number of carbonyl (C=O) groups excluding carboxylic acids is 2. The number of hydrogen-bond donors (Lipinski definition) is 0. The molecule has 5 nitrogen and oxygen atoms in total. The van der Waals surface area contributed by atoms with E-state index in [0.717, 1.165) is 32.4 Å². The first kappa shape index (κ1) is 17.6. The van der Waals surface area contributed by atoms with E-state index in [0.29, 0.717) is 28.3 Å². The second-order valence-electron chi connectivity index (χ2n) is 6.94. The smallest absolute Gasteiger partial charge is 0.210 e. The second kappa shape index (κ2) is 7.45. The van der Waals surface area contributed by atoms with Gasteiger partial charge in [-0.15, -0.1) is 0 Å². The maximum Gasteiger partial charge on any atom is 0.210 e. The molecule has 0 amide bonds. The highest BCUT2D eigenvalue weighted by atomic mass is 16.5. The maximum atomic E-state index is 13.3. The van der Waals surface area contributed by atoms with Crippen LogP contribution in [-0.4, -0.2) is 48.4 Å². The van der Waals surface area contributed by atoms with Gasteiger partial charge in [0.15, 0.2) is 5.78 Å². The minimum atomic E-state index is -0.612. The molecule has 5 heteroatoms. The normalized spacial score (nSPS) is 22.0. The highest BCUT2D eigenvalue weighted by molar-refractivity contribution is 6.55. The van der Waals surface area contributed by atoms with Crippen molar-refractivity contribution >= 4 is 23.0 Å². The van der Waals surface area contributed by atoms with Crippen LogP contribution in [0.1, 0.15) is 40.0 Å². The Labute approximate surface area is 158 Å². The Morgan fingerprint density at radius 3 is 2.44 bits per heavy atom. The molecule has 1 unspecified atom stereocenters. The van der Waals surface area contributed by atoms with Crippen LogP contribution in [0.5, 0.6) is 5.75 Å². The average Bonchev–Trinajstić information content (AvgIpc) is 2.73. The van der Waals surface area contributed by atoms with Gasteiger partial charge >= 0.3 is 0 Å². The van der Waals surface area contributed by atoms with Crippen molar-refractivity contribution in [3.63, 3.8) is 0 Å². The van der Waals surface area contributed by atoms with E-state index < -0.39 is 6.04 Å². The first-order valence-electron chi connectivity index (χ1n) is 9.33. The number of carbonyl (C=O) groups is 2. The van der Waals surface area contributed by atoms with Crippen molar-refractivity contribution in [1.82, 2.24) is 4.90 Å². The molecule has 138 valence electrons. The van der Waals surface area contributed by atoms with E-state index in [-0.39, 0.29) is 11.6 Å². The van der Waals surface area contributed by atoms with Crippen LogP contribution < -0.4 is 4.74 Å². The highest BCUT2D eigenvalue weighted by Crippen LogP contribution is 2.28. The molecule has 2 aliphatic rings. The largest absolute Gasteiger partial charge is 0.497 e. The number of ether oxygens (including phenoxy) is 1. The number of likely N-dealkylation sites (tertiary alicyclic amines) is 1. The molecule has 1 aliphatic carbocycles. The first-order valence-corrected chi connectivity index (χ1v) is 9.33. The van der Waals surface area contributed by atoms with E-state index in [2.05, 4.69) is 9.89 Å². The number of methoxy groups -OCH3 is 1. The summed E-state index contributed by atoms with van der Waals surface area (Å²) < 4.78 is 5.26. The zero-order valence-electron chi connectivity index (χ0n) is 15.4. The summed E-state index contributed by atoms with van der Waals surface area (Å²) in [6.45, 7) is 1.62. The Kier molecular flexibility index (Phi) is 4.86. The number of nitrogens with zero attached hydrogens (tertiary/aromatic N) is 2. The number of piperidine rings is 1. The van der Waals surface area contributed by atoms with Gasteiger partial charge in [0.1, 0.15) is 17.5 Å². The molecule has 4 rings (SSSR count). The summed E-state index contributed by atoms with van der Waals surface area (Å²) in [6.07, 6.45) is 3.22. The molecule has 0 N–H and O–H groups in total. The minimum Gasteiger partial charge on any atom is -0.497 e. The van der Waals surface area contributed by atoms with Gasteiger partial charge in [0.05, 0.1) is 12.8 Å². The predicted molar refractivity (Wildman–Crippen MR) is 104 cm³/mol. The van der Waals surface area contributed by atoms with Gasteiger partial charge in [-0.25, -0.2) is 4.99 Å². The number of ketones is 2. The molecule has 1 atom stereocenters. The maximum absolute atomic E-state index is 13.3. The fourth-order valence-electron chi connectivity index (χ4n) is 3.88. The molecule has 0 radical (unpaired) electrons. The third-order valence-corrected chi connectivity index (χ3v) is 5.24. The van der Waals surface area contributed by atoms with Crippen LogP contribution in [-0.2, 0) is 0 Å². The van der Waals surface area contributed by atoms with Crippen molar-refractivity contribution < 1.29 is 14.3 Å². The van der Waals surface area contributed by atoms with Gasteiger partial charge in [-0.3, -0.25) is 14.5 Å². The van der Waals surface area contributed by atoms with Gasteiger partial charge in [-0.2, -0.15) is 0 Å². The highest BCUT2D eigenvalue weighted by Gasteiger charge is 2.41. The van der Waals surface area contributed by atoms with Crippen molar-refractivity contribution in [2.75, 3.05) is 20.2 Å². The number of Topliss-reactive ketones (excluding diaryl/α,β-unsaturated/α-hetero) is 2. The van der Waals surface area contributed by atoms with Gasteiger partial charge < -0.3 is 4.74 Å². The molecule has 2 aromatic carbocycles. The summed E-state index contributed by atoms with van der Waals surface area (Å²) in [4.78, 5) is 33.3. The van der Waals surface area contributed by atoms with Crippen LogP contribution in [0.15, 0.2) is 53.5 Å². The van der Waals surface area contributed by atoms with Crippen molar-refractivity contribution in [1.29, 1.82) is 0 Å². The van der Waals surface area contributed by atoms with Crippen LogP contribution >= 0.6 is 0 Å². The summed E-state index contributed by atoms with van der Waals surface area (Å²) in [5.41, 5.74) is 1.88. The van der Waals surface area contributed by atoms with Gasteiger partial charge in [0.2, 0.25) is 5.78 Å². The number of fused-ring (bicyclic) bond motifs is 1. The van der Waals surface area contributed by atoms with Crippen LogP contribution in [0.2, 0.25) is 0 Å². The lowest BCUT2D eigenvalue weighted by Gasteiger charge is -2.36. The van der Waals surface area contributed by atoms with Gasteiger partial charge in [-0.1, -0.05) is 36.8 Å². The lowest BCUT2D eigenvalue weighted by molar-refractivity contribution is 0.0831. The Morgan fingerprint density at radius 1 is 0.963 bits per heavy atom. The molecule has 1 heterocycles. The van der Waals surface area contributed by atoms with E-state index in [1.165, 1.54) is 0 Å². The second-order valence-corrected chi connectivity index (χ2v) is 6.94. The Balaban J connectivity index is 1.83. The van der Waals surface area contributed by atoms with Crippen LogP contribution in [0, 0.1) is 0 Å². The average molecular weight is 362 g/mol. The number of rotatable bonds is 3. The monoisotopic (exact) mass is 362 g/mol. The molecule has 1 fully saturated rings. The number of benzene rings is 2. The minimum absolute atomic E-state index is 0.0336. The van der Waals surface area contributed by atoms with Crippen LogP contribution in [0.4, 0.5) is 5.69 Å². The Hall–Kier alpha value is -2.79. The van der Waals surface area contributed by atoms with E-state index in [4.69, 9.17) is 4.74 Å². The Morgan fingerprint density at radius 2 is 1.70 bits per heavy atom. The van der Waals surface area contributed by atoms with Crippen molar-refractivity contribution in [3.05, 3.63) is 59.7 Å². The van der Waals surface area contributed by atoms with Gasteiger partial charge in [0.25, 0.3) is 0 Å². The SMILES string of the molecule is COc1cccc(N=C2C(=O)c3ccccc3C(=O)C2N2CCCCC2)c1. The van der Waals surface area contributed by atoms with E-state index in [1.54, 1.807) is 31.4 Å². The molecule has 0 bridgehead atoms. The zero-order chi connectivity index (χ0) is 18.8. The fraction of sp³-hybridized carbons (Fsp3) is 0.318. The molecule has 0 spiro atoms. The number of aliphatic imine (C=N–C) groups is 1. The van der Waals surface area contributed by atoms with E-state index in [9.17, 15) is 9.59 Å². The van der Waals surface area contributed by atoms with E-state index >= 15 is 0 Å². The van der Waals surface area contributed by atoms with Crippen molar-refractivity contribution in [2.24, 2.45) is 4.99 Å². The van der Waals surface area contributed by atoms with E-state index in [1.807, 2.05) is 24.3 Å². The fourth-order valence-corrected chi connectivity index (χ4v) is 3.88. The summed E-state index contributed by atoms with van der Waals surface area (Å²) >= 11 is 0. The zero-order valence-corrected chi connectivity index (χ0v) is 15.4. The molecule has 1 saturated heterocycles. The topological polar surface area (TPSA) is 59.0 Å². The molecule has 0 saturated carbocycles. The standard InChI is InChI=1S/C22H22N2O3/c1-27-16-9-7-8-15(14-16)23-19-20(24-12-5-2-6-13-24)22(26)18-11-4-3-10-17(18)21(19)25/h3-4,7-11,14,20H,2,5-6,12-13H2,1H3. The quantitative estimate of drug-likeness (QED) is 0.835. The summed E-state index contributed by atoms with van der Waals surface area (Å²) in [5, 5.41) is 0. The lowest BCUT2D eigenvalue weighted by Crippen LogP contribution is -2.54. The van der Waals surface area contributed by atoms with Crippen molar-refractivity contribution in [3.8, 4) is 5.75 Å². The number of hydrogen-bond acceptors (Lipinski definition) is 5. The Bertz CT molecular complexity index is 913. The molecule has 27 heavy (non-hydrogen) atoms. The molecule has 0 aromatic heterocycles. The third kappa shape index (κ3) is 3.30. The van der Waals surface area contributed by atoms with Crippen molar-refractivity contribution in [2.45, 2.75) is 25.3 Å². The summed E-state index contributed by atoms with van der Waals surface area (Å²) in [5.74, 6) is 0.471. The van der Waals surface area contributed by atoms with Crippen LogP contribution in [0.3, 0.4) is 0 Å². The third-order valence-electron chi connectivity index (χ3n) is 5.24. The predicted octanol–water partition coefficient (Wildman–Crippen LogP) is 3.70. The molecule has 1 aliphatic heterocycles. The van der Waals surface area contributed by atoms with Gasteiger partial charge in [-0.05, 0) is 38.1 Å².